The number of fused-ring (bicyclic) bond motifs is 1. The van der Waals surface area contributed by atoms with E-state index in [4.69, 9.17) is 16.2 Å². The van der Waals surface area contributed by atoms with Gasteiger partial charge < -0.3 is 21.5 Å². The van der Waals surface area contributed by atoms with Crippen LogP contribution in [0.1, 0.15) is 44.7 Å². The monoisotopic (exact) mass is 512 g/mol. The summed E-state index contributed by atoms with van der Waals surface area (Å²) in [6.45, 7) is 0.401. The average Bonchev–Trinajstić information content (AvgIpc) is 2.86. The molecule has 1 heterocycles. The van der Waals surface area contributed by atoms with Crippen molar-refractivity contribution in [2.24, 2.45) is 17.4 Å². The molecular weight excluding hydrogens is 485 g/mol. The maximum absolute atomic E-state index is 13.3. The van der Waals surface area contributed by atoms with E-state index >= 15 is 0 Å². The minimum atomic E-state index is -4.53. The maximum Gasteiger partial charge on any atom is 0.416 e. The van der Waals surface area contributed by atoms with Gasteiger partial charge in [-0.1, -0.05) is 6.07 Å². The Morgan fingerprint density at radius 1 is 1.05 bits per heavy atom. The Kier molecular flexibility index (Phi) is 7.77. The van der Waals surface area contributed by atoms with Crippen molar-refractivity contribution in [2.45, 2.75) is 38.5 Å². The zero-order valence-electron chi connectivity index (χ0n) is 20.0. The van der Waals surface area contributed by atoms with Gasteiger partial charge in [-0.15, -0.1) is 0 Å². The summed E-state index contributed by atoms with van der Waals surface area (Å²) in [6, 6.07) is 12.5. The minimum absolute atomic E-state index is 0.110. The second kappa shape index (κ2) is 11.0. The van der Waals surface area contributed by atoms with Crippen LogP contribution in [0.15, 0.2) is 54.7 Å². The fraction of sp³-hybridized carbons (Fsp3) is 0.296. The number of alkyl halides is 3. The number of aromatic nitrogens is 1. The molecule has 194 valence electrons. The molecule has 4 rings (SSSR count). The Labute approximate surface area is 212 Å². The Morgan fingerprint density at radius 3 is 2.59 bits per heavy atom. The van der Waals surface area contributed by atoms with E-state index in [2.05, 4.69) is 10.3 Å². The summed E-state index contributed by atoms with van der Waals surface area (Å²) in [6.07, 6.45) is -1.08. The Hall–Kier alpha value is -3.92. The molecule has 0 saturated heterocycles. The predicted octanol–water partition coefficient (Wildman–Crippen LogP) is 4.02. The van der Waals surface area contributed by atoms with E-state index in [1.807, 2.05) is 18.2 Å². The molecule has 3 aromatic rings. The van der Waals surface area contributed by atoms with Crippen molar-refractivity contribution in [3.63, 3.8) is 0 Å². The normalized spacial score (nSPS) is 15.1. The summed E-state index contributed by atoms with van der Waals surface area (Å²) in [5.74, 6) is -0.749. The number of hydrogen-bond donors (Lipinski definition) is 3. The van der Waals surface area contributed by atoms with E-state index in [1.54, 1.807) is 12.1 Å². The van der Waals surface area contributed by atoms with E-state index in [9.17, 15) is 22.8 Å². The number of carbonyl (C=O) groups is 2. The van der Waals surface area contributed by atoms with Gasteiger partial charge in [-0.2, -0.15) is 13.2 Å². The molecule has 37 heavy (non-hydrogen) atoms. The van der Waals surface area contributed by atoms with Gasteiger partial charge in [0, 0.05) is 17.8 Å². The molecule has 1 atom stereocenters. The van der Waals surface area contributed by atoms with Crippen LogP contribution in [0.3, 0.4) is 0 Å². The highest BCUT2D eigenvalue weighted by Crippen LogP contribution is 2.33. The third-order valence-electron chi connectivity index (χ3n) is 6.28. The Morgan fingerprint density at radius 2 is 1.86 bits per heavy atom. The molecule has 2 amide bonds. The average molecular weight is 513 g/mol. The van der Waals surface area contributed by atoms with Crippen LogP contribution < -0.4 is 21.5 Å². The first-order valence-electron chi connectivity index (χ1n) is 11.8. The number of anilines is 1. The van der Waals surface area contributed by atoms with Gasteiger partial charge in [0.25, 0.3) is 5.91 Å². The van der Waals surface area contributed by atoms with Gasteiger partial charge in [-0.3, -0.25) is 14.6 Å². The quantitative estimate of drug-likeness (QED) is 0.421. The molecule has 1 aromatic heterocycles. The number of carbonyl (C=O) groups excluding carboxylic acids is 2. The number of benzene rings is 2. The van der Waals surface area contributed by atoms with Crippen molar-refractivity contribution in [1.29, 1.82) is 0 Å². The lowest BCUT2D eigenvalue weighted by molar-refractivity contribution is -0.137. The molecule has 0 fully saturated rings. The highest BCUT2D eigenvalue weighted by Gasteiger charge is 2.32. The topological polar surface area (TPSA) is 120 Å². The molecular formula is C27H27F3N4O3. The molecule has 2 aromatic carbocycles. The number of rotatable bonds is 8. The lowest BCUT2D eigenvalue weighted by Gasteiger charge is -2.25. The van der Waals surface area contributed by atoms with Crippen LogP contribution in [0, 0.1) is 5.92 Å². The SMILES string of the molecule is NCCc1cc(NC(=O)C2CCc3ccc(OCc4ccnc(C(N)=O)c4)cc3C2)cc(C(F)(F)F)c1. The van der Waals surface area contributed by atoms with Crippen LogP contribution in [0.4, 0.5) is 18.9 Å². The second-order valence-corrected chi connectivity index (χ2v) is 9.02. The van der Waals surface area contributed by atoms with Crippen LogP contribution in [0.5, 0.6) is 5.75 Å². The van der Waals surface area contributed by atoms with Crippen molar-refractivity contribution >= 4 is 17.5 Å². The number of nitrogens with two attached hydrogens (primary N) is 2. The van der Waals surface area contributed by atoms with Gasteiger partial charge in [0.1, 0.15) is 18.1 Å². The van der Waals surface area contributed by atoms with Crippen LogP contribution in [-0.2, 0) is 36.8 Å². The molecule has 10 heteroatoms. The van der Waals surface area contributed by atoms with E-state index in [0.29, 0.717) is 30.6 Å². The zero-order chi connectivity index (χ0) is 26.6. The Balaban J connectivity index is 1.44. The third-order valence-corrected chi connectivity index (χ3v) is 6.28. The van der Waals surface area contributed by atoms with Crippen molar-refractivity contribution in [2.75, 3.05) is 11.9 Å². The zero-order valence-corrected chi connectivity index (χ0v) is 20.0. The summed E-state index contributed by atoms with van der Waals surface area (Å²) >= 11 is 0. The molecule has 0 spiro atoms. The first kappa shape index (κ1) is 26.2. The highest BCUT2D eigenvalue weighted by molar-refractivity contribution is 5.93. The van der Waals surface area contributed by atoms with Gasteiger partial charge in [0.15, 0.2) is 0 Å². The fourth-order valence-electron chi connectivity index (χ4n) is 4.40. The van der Waals surface area contributed by atoms with Crippen LogP contribution in [0.25, 0.3) is 0 Å². The fourth-order valence-corrected chi connectivity index (χ4v) is 4.40. The molecule has 1 unspecified atom stereocenters. The molecule has 1 aliphatic carbocycles. The maximum atomic E-state index is 13.3. The van der Waals surface area contributed by atoms with Crippen LogP contribution >= 0.6 is 0 Å². The molecule has 0 aliphatic heterocycles. The number of primary amides is 1. The number of ether oxygens (including phenoxy) is 1. The van der Waals surface area contributed by atoms with Crippen molar-refractivity contribution in [1.82, 2.24) is 4.98 Å². The number of nitrogens with zero attached hydrogens (tertiary/aromatic N) is 1. The molecule has 1 aliphatic rings. The smallest absolute Gasteiger partial charge is 0.416 e. The highest BCUT2D eigenvalue weighted by atomic mass is 19.4. The second-order valence-electron chi connectivity index (χ2n) is 9.02. The molecule has 5 N–H and O–H groups in total. The predicted molar refractivity (Wildman–Crippen MR) is 132 cm³/mol. The van der Waals surface area contributed by atoms with Crippen molar-refractivity contribution in [3.8, 4) is 5.75 Å². The van der Waals surface area contributed by atoms with Gasteiger partial charge in [0.05, 0.1) is 5.56 Å². The number of amides is 2. The molecule has 0 saturated carbocycles. The largest absolute Gasteiger partial charge is 0.489 e. The van der Waals surface area contributed by atoms with E-state index in [-0.39, 0.29) is 36.9 Å². The van der Waals surface area contributed by atoms with Gasteiger partial charge in [-0.05, 0) is 96.9 Å². The van der Waals surface area contributed by atoms with Crippen LogP contribution in [0.2, 0.25) is 0 Å². The summed E-state index contributed by atoms with van der Waals surface area (Å²) < 4.78 is 45.9. The molecule has 0 radical (unpaired) electrons. The van der Waals surface area contributed by atoms with Gasteiger partial charge in [-0.25, -0.2) is 0 Å². The van der Waals surface area contributed by atoms with Crippen molar-refractivity contribution < 1.29 is 27.5 Å². The first-order chi connectivity index (χ1) is 17.6. The first-order valence-corrected chi connectivity index (χ1v) is 11.8. The molecule has 7 nitrogen and oxygen atoms in total. The number of halogens is 3. The van der Waals surface area contributed by atoms with Gasteiger partial charge >= 0.3 is 6.18 Å². The summed E-state index contributed by atoms with van der Waals surface area (Å²) in [5, 5.41) is 2.67. The lowest BCUT2D eigenvalue weighted by Crippen LogP contribution is -2.28. The lowest BCUT2D eigenvalue weighted by atomic mass is 9.83. The number of hydrogen-bond acceptors (Lipinski definition) is 5. The van der Waals surface area contributed by atoms with Gasteiger partial charge in [0.2, 0.25) is 5.91 Å². The summed E-state index contributed by atoms with van der Waals surface area (Å²) in [5.41, 5.74) is 13.4. The molecule has 0 bridgehead atoms. The minimum Gasteiger partial charge on any atom is -0.489 e. The standard InChI is InChI=1S/C27H27F3N4O3/c28-27(29,30)21-9-16(5-7-31)10-22(14-21)34-26(36)19-2-1-18-3-4-23(13-20(18)12-19)37-15-17-6-8-33-24(11-17)25(32)35/h3-4,6,8-11,13-14,19H,1-2,5,7,12,15,31H2,(H2,32,35)(H,34,36). The van der Waals surface area contributed by atoms with E-state index < -0.39 is 23.6 Å². The number of nitrogens with one attached hydrogen (secondary N) is 1. The summed E-state index contributed by atoms with van der Waals surface area (Å²) in [4.78, 5) is 28.2. The summed E-state index contributed by atoms with van der Waals surface area (Å²) in [7, 11) is 0. The number of pyridine rings is 1. The van der Waals surface area contributed by atoms with Crippen molar-refractivity contribution in [3.05, 3.63) is 88.2 Å². The van der Waals surface area contributed by atoms with E-state index in [0.717, 1.165) is 28.8 Å². The van der Waals surface area contributed by atoms with Crippen LogP contribution in [-0.4, -0.2) is 23.3 Å². The third kappa shape index (κ3) is 6.65. The van der Waals surface area contributed by atoms with E-state index in [1.165, 1.54) is 12.3 Å². The number of aryl methyl sites for hydroxylation is 1. The Bertz CT molecular complexity index is 1310.